The predicted octanol–water partition coefficient (Wildman–Crippen LogP) is 6.56. The lowest BCUT2D eigenvalue weighted by Crippen LogP contribution is -2.40. The van der Waals surface area contributed by atoms with Crippen molar-refractivity contribution in [3.8, 4) is 0 Å². The minimum absolute atomic E-state index is 0.0198. The van der Waals surface area contributed by atoms with E-state index in [0.29, 0.717) is 27.0 Å². The lowest BCUT2D eigenvalue weighted by molar-refractivity contribution is 0.195. The molecule has 0 saturated heterocycles. The molecule has 37 heavy (non-hydrogen) atoms. The Balaban J connectivity index is 1.61. The van der Waals surface area contributed by atoms with Crippen molar-refractivity contribution in [2.45, 2.75) is 43.7 Å². The van der Waals surface area contributed by atoms with Gasteiger partial charge in [0.05, 0.1) is 21.0 Å². The van der Waals surface area contributed by atoms with Crippen molar-refractivity contribution in [2.75, 3.05) is 24.1 Å². The van der Waals surface area contributed by atoms with E-state index < -0.39 is 22.1 Å². The first-order valence-electron chi connectivity index (χ1n) is 11.7. The highest BCUT2D eigenvalue weighted by Gasteiger charge is 2.21. The summed E-state index contributed by atoms with van der Waals surface area (Å²) >= 11 is 12.3. The first-order chi connectivity index (χ1) is 17.3. The Hall–Kier alpha value is -2.78. The number of carbonyl (C=O) groups is 1. The van der Waals surface area contributed by atoms with Crippen LogP contribution in [0.25, 0.3) is 0 Å². The van der Waals surface area contributed by atoms with Crippen LogP contribution in [0.2, 0.25) is 10.0 Å². The molecule has 3 aromatic rings. The Morgan fingerprint density at radius 3 is 2.14 bits per heavy atom. The number of halogens is 2. The number of amides is 2. The summed E-state index contributed by atoms with van der Waals surface area (Å²) in [5, 5.41) is 6.27. The van der Waals surface area contributed by atoms with E-state index in [2.05, 4.69) is 34.1 Å². The van der Waals surface area contributed by atoms with E-state index in [1.165, 1.54) is 24.3 Å². The van der Waals surface area contributed by atoms with Gasteiger partial charge in [-0.15, -0.1) is 0 Å². The van der Waals surface area contributed by atoms with Crippen LogP contribution >= 0.6 is 23.2 Å². The predicted molar refractivity (Wildman–Crippen MR) is 152 cm³/mol. The van der Waals surface area contributed by atoms with Gasteiger partial charge in [-0.3, -0.25) is 4.72 Å². The molecule has 0 radical (unpaired) electrons. The molecular weight excluding hydrogens is 531 g/mol. The quantitative estimate of drug-likeness (QED) is 0.275. The van der Waals surface area contributed by atoms with Gasteiger partial charge in [0.1, 0.15) is 0 Å². The molecule has 0 saturated carbocycles. The fraction of sp³-hybridized carbons (Fsp3) is 0.296. The molecule has 0 fully saturated rings. The highest BCUT2D eigenvalue weighted by molar-refractivity contribution is 7.92. The van der Waals surface area contributed by atoms with Crippen molar-refractivity contribution in [1.29, 1.82) is 0 Å². The van der Waals surface area contributed by atoms with Crippen LogP contribution in [0, 0.1) is 0 Å². The average Bonchev–Trinajstić information content (AvgIpc) is 2.82. The zero-order chi connectivity index (χ0) is 27.4. The lowest BCUT2D eigenvalue weighted by atomic mass is 9.94. The SMILES string of the molecule is C[C@H](NC(=O)Nc1ccc(S(=O)(=O)Nc2ccc(CC(C)(C)N(C)C)cc2)cc1)c1cccc(Cl)c1Cl. The summed E-state index contributed by atoms with van der Waals surface area (Å²) in [7, 11) is 0.273. The van der Waals surface area contributed by atoms with Gasteiger partial charge in [-0.05, 0) is 94.9 Å². The summed E-state index contributed by atoms with van der Waals surface area (Å²) in [6, 6.07) is 17.6. The van der Waals surface area contributed by atoms with Gasteiger partial charge in [0.25, 0.3) is 10.0 Å². The maximum Gasteiger partial charge on any atom is 0.319 e. The number of sulfonamides is 1. The monoisotopic (exact) mass is 562 g/mol. The summed E-state index contributed by atoms with van der Waals surface area (Å²) in [6.45, 7) is 6.09. The van der Waals surface area contributed by atoms with Crippen LogP contribution in [0.3, 0.4) is 0 Å². The van der Waals surface area contributed by atoms with Crippen LogP contribution in [0.4, 0.5) is 16.2 Å². The Morgan fingerprint density at radius 2 is 1.54 bits per heavy atom. The van der Waals surface area contributed by atoms with Crippen LogP contribution in [0.1, 0.15) is 37.9 Å². The van der Waals surface area contributed by atoms with Gasteiger partial charge in [-0.25, -0.2) is 13.2 Å². The number of hydrogen-bond acceptors (Lipinski definition) is 4. The number of rotatable bonds is 9. The molecule has 7 nitrogen and oxygen atoms in total. The van der Waals surface area contributed by atoms with Crippen LogP contribution in [0.5, 0.6) is 0 Å². The van der Waals surface area contributed by atoms with E-state index >= 15 is 0 Å². The summed E-state index contributed by atoms with van der Waals surface area (Å²) < 4.78 is 28.3. The van der Waals surface area contributed by atoms with Crippen molar-refractivity contribution in [2.24, 2.45) is 0 Å². The molecule has 0 aromatic heterocycles. The number of benzene rings is 3. The van der Waals surface area contributed by atoms with Gasteiger partial charge in [0, 0.05) is 16.9 Å². The van der Waals surface area contributed by atoms with Gasteiger partial charge in [0.2, 0.25) is 0 Å². The van der Waals surface area contributed by atoms with E-state index in [4.69, 9.17) is 23.2 Å². The second-order valence-corrected chi connectivity index (χ2v) is 12.1. The van der Waals surface area contributed by atoms with Crippen LogP contribution in [0.15, 0.2) is 71.6 Å². The topological polar surface area (TPSA) is 90.5 Å². The Labute approximate surface area is 229 Å². The van der Waals surface area contributed by atoms with Crippen LogP contribution in [-0.2, 0) is 16.4 Å². The minimum atomic E-state index is -3.80. The molecule has 0 unspecified atom stereocenters. The first kappa shape index (κ1) is 28.8. The van der Waals surface area contributed by atoms with Gasteiger partial charge in [0.15, 0.2) is 0 Å². The summed E-state index contributed by atoms with van der Waals surface area (Å²) in [5.41, 5.74) is 2.69. The maximum absolute atomic E-state index is 12.9. The van der Waals surface area contributed by atoms with Gasteiger partial charge >= 0.3 is 6.03 Å². The third kappa shape index (κ3) is 7.61. The Bertz CT molecular complexity index is 1340. The normalized spacial score (nSPS) is 12.8. The van der Waals surface area contributed by atoms with E-state index in [0.717, 1.165) is 12.0 Å². The number of nitrogens with zero attached hydrogens (tertiary/aromatic N) is 1. The minimum Gasteiger partial charge on any atom is -0.331 e. The summed E-state index contributed by atoms with van der Waals surface area (Å²) in [4.78, 5) is 14.7. The fourth-order valence-electron chi connectivity index (χ4n) is 3.58. The second kappa shape index (κ2) is 11.7. The largest absolute Gasteiger partial charge is 0.331 e. The third-order valence-electron chi connectivity index (χ3n) is 6.27. The molecule has 3 N–H and O–H groups in total. The van der Waals surface area contributed by atoms with Crippen molar-refractivity contribution >= 4 is 50.6 Å². The number of hydrogen-bond donors (Lipinski definition) is 3. The molecular formula is C27H32Cl2N4O3S. The fourth-order valence-corrected chi connectivity index (χ4v) is 5.11. The number of anilines is 2. The molecule has 3 aromatic carbocycles. The van der Waals surface area contributed by atoms with E-state index in [9.17, 15) is 13.2 Å². The van der Waals surface area contributed by atoms with Crippen LogP contribution < -0.4 is 15.4 Å². The number of nitrogens with one attached hydrogen (secondary N) is 3. The number of carbonyl (C=O) groups excluding carboxylic acids is 1. The zero-order valence-electron chi connectivity index (χ0n) is 21.5. The van der Waals surface area contributed by atoms with Crippen molar-refractivity contribution in [3.05, 3.63) is 87.9 Å². The molecule has 0 heterocycles. The summed E-state index contributed by atoms with van der Waals surface area (Å²) in [6.07, 6.45) is 0.833. The molecule has 0 aliphatic rings. The van der Waals surface area contributed by atoms with E-state index in [1.807, 2.05) is 26.2 Å². The van der Waals surface area contributed by atoms with Gasteiger partial charge < -0.3 is 15.5 Å². The zero-order valence-corrected chi connectivity index (χ0v) is 23.8. The average molecular weight is 564 g/mol. The molecule has 2 amide bonds. The molecule has 0 aliphatic heterocycles. The summed E-state index contributed by atoms with van der Waals surface area (Å²) in [5.74, 6) is 0. The Morgan fingerprint density at radius 1 is 0.946 bits per heavy atom. The van der Waals surface area contributed by atoms with E-state index in [-0.39, 0.29) is 10.4 Å². The highest BCUT2D eigenvalue weighted by atomic mass is 35.5. The molecule has 3 rings (SSSR count). The second-order valence-electron chi connectivity index (χ2n) is 9.67. The highest BCUT2D eigenvalue weighted by Crippen LogP contribution is 2.30. The molecule has 0 spiro atoms. The molecule has 198 valence electrons. The van der Waals surface area contributed by atoms with Gasteiger partial charge in [-0.1, -0.05) is 47.5 Å². The smallest absolute Gasteiger partial charge is 0.319 e. The van der Waals surface area contributed by atoms with Crippen molar-refractivity contribution < 1.29 is 13.2 Å². The molecule has 10 heteroatoms. The molecule has 0 bridgehead atoms. The van der Waals surface area contributed by atoms with Crippen molar-refractivity contribution in [1.82, 2.24) is 10.2 Å². The third-order valence-corrected chi connectivity index (χ3v) is 8.50. The van der Waals surface area contributed by atoms with Crippen molar-refractivity contribution in [3.63, 3.8) is 0 Å². The number of urea groups is 1. The Kier molecular flexibility index (Phi) is 9.13. The van der Waals surface area contributed by atoms with E-state index in [1.54, 1.807) is 37.3 Å². The maximum atomic E-state index is 12.9. The van der Waals surface area contributed by atoms with Crippen LogP contribution in [-0.4, -0.2) is 39.0 Å². The molecule has 0 aliphatic carbocycles. The lowest BCUT2D eigenvalue weighted by Gasteiger charge is -2.32. The standard InChI is InChI=1S/C27H32Cl2N4O3S/c1-18(23-7-6-8-24(28)25(23)29)30-26(34)31-20-13-15-22(16-14-20)37(35,36)32-21-11-9-19(10-12-21)17-27(2,3)33(4)5/h6-16,18,32H,17H2,1-5H3,(H2,30,31,34)/t18-/m0/s1. The van der Waals surface area contributed by atoms with Gasteiger partial charge in [-0.2, -0.15) is 0 Å². The first-order valence-corrected chi connectivity index (χ1v) is 13.9. The number of likely N-dealkylation sites (N-methyl/N-ethyl adjacent to an activating group) is 1. The molecule has 1 atom stereocenters.